The quantitative estimate of drug-likeness (QED) is 0.253. The third kappa shape index (κ3) is 9.60. The van der Waals surface area contributed by atoms with Gasteiger partial charge >= 0.3 is 11.9 Å². The second-order valence-electron chi connectivity index (χ2n) is 7.22. The molecule has 1 rings (SSSR count). The third-order valence-corrected chi connectivity index (χ3v) is 4.17. The molecule has 7 nitrogen and oxygen atoms in total. The fourth-order valence-electron chi connectivity index (χ4n) is 1.69. The monoisotopic (exact) mass is 387 g/mol. The van der Waals surface area contributed by atoms with Crippen LogP contribution in [0.1, 0.15) is 60.8 Å². The highest BCUT2D eigenvalue weighted by Gasteiger charge is 2.23. The zero-order chi connectivity index (χ0) is 20.5. The summed E-state index contributed by atoms with van der Waals surface area (Å²) in [5, 5.41) is 2.20. The van der Waals surface area contributed by atoms with Crippen LogP contribution in [-0.2, 0) is 28.7 Å². The predicted molar refractivity (Wildman–Crippen MR) is 100 cm³/mol. The summed E-state index contributed by atoms with van der Waals surface area (Å²) < 4.78 is 9.69. The number of nitrogens with one attached hydrogen (secondary N) is 1. The number of allylic oxidation sites excluding steroid dienone is 1. The van der Waals surface area contributed by atoms with E-state index in [0.29, 0.717) is 29.7 Å². The maximum Gasteiger partial charge on any atom is 0.337 e. The molecule has 1 N–H and O–H groups in total. The zero-order valence-electron chi connectivity index (χ0n) is 16.3. The number of ether oxygens (including phenoxy) is 2. The van der Waals surface area contributed by atoms with Crippen LogP contribution in [0.15, 0.2) is 10.5 Å². The highest BCUT2D eigenvalue weighted by molar-refractivity contribution is 7.84. The second kappa shape index (κ2) is 11.0. The van der Waals surface area contributed by atoms with Gasteiger partial charge in [-0.1, -0.05) is 13.8 Å². The molecule has 1 aliphatic rings. The highest BCUT2D eigenvalue weighted by Crippen LogP contribution is 2.19. The molecule has 1 heterocycles. The number of hydrogen-bond donors (Lipinski definition) is 2. The molecular formula is C18H29NO6S. The van der Waals surface area contributed by atoms with Crippen molar-refractivity contribution < 1.29 is 28.7 Å². The largest absolute Gasteiger partial charge is 0.427 e. The first-order valence-electron chi connectivity index (χ1n) is 8.43. The molecule has 0 atom stereocenters. The van der Waals surface area contributed by atoms with Crippen LogP contribution in [0.5, 0.6) is 0 Å². The first-order chi connectivity index (χ1) is 11.9. The number of thiol groups is 1. The van der Waals surface area contributed by atoms with Crippen LogP contribution < -0.4 is 5.32 Å². The average molecular weight is 387 g/mol. The van der Waals surface area contributed by atoms with Crippen molar-refractivity contribution in [2.75, 3.05) is 6.79 Å². The molecule has 1 aliphatic heterocycles. The van der Waals surface area contributed by atoms with E-state index in [2.05, 4.69) is 17.9 Å². The van der Waals surface area contributed by atoms with Crippen molar-refractivity contribution in [3.8, 4) is 0 Å². The Hall–Kier alpha value is -1.83. The molecular weight excluding hydrogens is 358 g/mol. The van der Waals surface area contributed by atoms with E-state index < -0.39 is 17.4 Å². The summed E-state index contributed by atoms with van der Waals surface area (Å²) in [6.07, 6.45) is 1.72. The van der Waals surface area contributed by atoms with E-state index in [-0.39, 0.29) is 24.5 Å². The Kier molecular flexibility index (Phi) is 10.2. The van der Waals surface area contributed by atoms with Gasteiger partial charge in [-0.05, 0) is 44.9 Å². The van der Waals surface area contributed by atoms with Crippen LogP contribution >= 0.6 is 12.6 Å². The molecule has 0 spiro atoms. The van der Waals surface area contributed by atoms with Crippen molar-refractivity contribution in [2.24, 2.45) is 11.3 Å². The Bertz CT molecular complexity index is 561. The van der Waals surface area contributed by atoms with Gasteiger partial charge in [0.15, 0.2) is 0 Å². The fraction of sp³-hybridized carbons (Fsp3) is 0.667. The van der Waals surface area contributed by atoms with Crippen molar-refractivity contribution in [3.05, 3.63) is 10.5 Å². The molecule has 2 amide bonds. The molecule has 148 valence electrons. The van der Waals surface area contributed by atoms with Crippen LogP contribution in [0.4, 0.5) is 0 Å². The van der Waals surface area contributed by atoms with Gasteiger partial charge in [0.1, 0.15) is 0 Å². The van der Waals surface area contributed by atoms with Gasteiger partial charge in [0, 0.05) is 18.4 Å². The summed E-state index contributed by atoms with van der Waals surface area (Å²) in [4.78, 5) is 44.4. The SMILES string of the molecule is C/C(C(=O)OCOC(=O)C(C)(C)C)=C(/S)C(C)C.O=C1CCCC(=O)N1. The van der Waals surface area contributed by atoms with Crippen molar-refractivity contribution in [1.82, 2.24) is 5.32 Å². The fourth-order valence-corrected chi connectivity index (χ4v) is 1.78. The molecule has 0 saturated carbocycles. The van der Waals surface area contributed by atoms with Crippen molar-refractivity contribution >= 4 is 36.4 Å². The summed E-state index contributed by atoms with van der Waals surface area (Å²) in [5.41, 5.74) is -0.177. The average Bonchev–Trinajstić information content (AvgIpc) is 2.52. The summed E-state index contributed by atoms with van der Waals surface area (Å²) in [6, 6.07) is 0. The Morgan fingerprint density at radius 1 is 1.12 bits per heavy atom. The second-order valence-corrected chi connectivity index (χ2v) is 7.70. The Labute approximate surface area is 160 Å². The smallest absolute Gasteiger partial charge is 0.337 e. The molecule has 0 aromatic rings. The zero-order valence-corrected chi connectivity index (χ0v) is 17.2. The minimum atomic E-state index is -0.607. The van der Waals surface area contributed by atoms with E-state index >= 15 is 0 Å². The molecule has 26 heavy (non-hydrogen) atoms. The minimum Gasteiger partial charge on any atom is -0.427 e. The lowest BCUT2D eigenvalue weighted by molar-refractivity contribution is -0.171. The van der Waals surface area contributed by atoms with E-state index in [4.69, 9.17) is 9.47 Å². The first-order valence-corrected chi connectivity index (χ1v) is 8.87. The highest BCUT2D eigenvalue weighted by atomic mass is 32.1. The topological polar surface area (TPSA) is 98.8 Å². The standard InChI is InChI=1S/C13H22O4S.C5H7NO2/c1-8(2)10(18)9(3)11(14)16-7-17-12(15)13(4,5)6;7-4-2-1-3-5(8)6-4/h8,18H,7H2,1-6H3;1-3H2,(H,6,7,8)/b10-9-;. The number of rotatable bonds is 4. The third-order valence-electron chi connectivity index (χ3n) is 3.32. The summed E-state index contributed by atoms with van der Waals surface area (Å²) in [5.74, 6) is -1.05. The maximum absolute atomic E-state index is 11.6. The van der Waals surface area contributed by atoms with E-state index in [0.717, 1.165) is 0 Å². The summed E-state index contributed by atoms with van der Waals surface area (Å²) in [6.45, 7) is 10.3. The number of hydrogen-bond acceptors (Lipinski definition) is 7. The van der Waals surface area contributed by atoms with Crippen molar-refractivity contribution in [2.45, 2.75) is 60.8 Å². The van der Waals surface area contributed by atoms with E-state index in [1.165, 1.54) is 0 Å². The molecule has 8 heteroatoms. The van der Waals surface area contributed by atoms with Crippen LogP contribution in [0, 0.1) is 11.3 Å². The number of imide groups is 1. The molecule has 0 bridgehead atoms. The minimum absolute atomic E-state index is 0.138. The Morgan fingerprint density at radius 2 is 1.62 bits per heavy atom. The van der Waals surface area contributed by atoms with E-state index in [9.17, 15) is 19.2 Å². The van der Waals surface area contributed by atoms with Gasteiger partial charge in [0.25, 0.3) is 0 Å². The van der Waals surface area contributed by atoms with Crippen molar-refractivity contribution in [1.29, 1.82) is 0 Å². The molecule has 0 unspecified atom stereocenters. The van der Waals surface area contributed by atoms with Gasteiger partial charge in [-0.2, -0.15) is 0 Å². The lowest BCUT2D eigenvalue weighted by atomic mass is 9.98. The van der Waals surface area contributed by atoms with Crippen LogP contribution in [0.2, 0.25) is 0 Å². The van der Waals surface area contributed by atoms with Gasteiger partial charge in [0.2, 0.25) is 18.6 Å². The number of esters is 2. The first kappa shape index (κ1) is 24.2. The molecule has 0 aliphatic carbocycles. The van der Waals surface area contributed by atoms with Gasteiger partial charge in [0.05, 0.1) is 5.41 Å². The van der Waals surface area contributed by atoms with Gasteiger partial charge in [-0.15, -0.1) is 12.6 Å². The number of piperidine rings is 1. The van der Waals surface area contributed by atoms with E-state index in [1.807, 2.05) is 13.8 Å². The molecule has 0 radical (unpaired) electrons. The van der Waals surface area contributed by atoms with Crippen LogP contribution in [0.25, 0.3) is 0 Å². The lowest BCUT2D eigenvalue weighted by Crippen LogP contribution is -2.33. The van der Waals surface area contributed by atoms with E-state index in [1.54, 1.807) is 27.7 Å². The Morgan fingerprint density at radius 3 is 1.96 bits per heavy atom. The van der Waals surface area contributed by atoms with Gasteiger partial charge < -0.3 is 9.47 Å². The number of carbonyl (C=O) groups excluding carboxylic acids is 4. The normalized spacial score (nSPS) is 15.4. The maximum atomic E-state index is 11.6. The number of amides is 2. The summed E-state index contributed by atoms with van der Waals surface area (Å²) in [7, 11) is 0. The van der Waals surface area contributed by atoms with Crippen molar-refractivity contribution in [3.63, 3.8) is 0 Å². The van der Waals surface area contributed by atoms with Crippen LogP contribution in [-0.4, -0.2) is 30.5 Å². The van der Waals surface area contributed by atoms with Crippen LogP contribution in [0.3, 0.4) is 0 Å². The molecule has 1 fully saturated rings. The molecule has 0 aromatic carbocycles. The lowest BCUT2D eigenvalue weighted by Gasteiger charge is -2.16. The number of carbonyl (C=O) groups is 4. The summed E-state index contributed by atoms with van der Waals surface area (Å²) >= 11 is 4.24. The molecule has 0 aromatic heterocycles. The van der Waals surface area contributed by atoms with Gasteiger partial charge in [-0.25, -0.2) is 4.79 Å². The predicted octanol–water partition coefficient (Wildman–Crippen LogP) is 2.75. The Balaban J connectivity index is 0.000000642. The van der Waals surface area contributed by atoms with Gasteiger partial charge in [-0.3, -0.25) is 19.7 Å². The molecule has 1 saturated heterocycles.